The monoisotopic (exact) mass is 277 g/mol. The smallest absolute Gasteiger partial charge is 0.271 e. The largest absolute Gasteiger partial charge is 0.361 e. The lowest BCUT2D eigenvalue weighted by Gasteiger charge is -2.02. The van der Waals surface area contributed by atoms with Gasteiger partial charge in [-0.15, -0.1) is 0 Å². The SMILES string of the molecule is Cc1ccccc1C(=O)N/N=C/c1c[nH]c2ccccc12. The fourth-order valence-electron chi connectivity index (χ4n) is 2.25. The molecule has 0 aliphatic carbocycles. The summed E-state index contributed by atoms with van der Waals surface area (Å²) in [4.78, 5) is 15.2. The van der Waals surface area contributed by atoms with Gasteiger partial charge in [0.15, 0.2) is 0 Å². The summed E-state index contributed by atoms with van der Waals surface area (Å²) in [5.74, 6) is -0.204. The minimum Gasteiger partial charge on any atom is -0.361 e. The number of benzene rings is 2. The Morgan fingerprint density at radius 1 is 1.14 bits per heavy atom. The lowest BCUT2D eigenvalue weighted by atomic mass is 10.1. The lowest BCUT2D eigenvalue weighted by molar-refractivity contribution is 0.0954. The third-order valence-corrected chi connectivity index (χ3v) is 3.38. The van der Waals surface area contributed by atoms with Crippen molar-refractivity contribution < 1.29 is 4.79 Å². The Balaban J connectivity index is 1.76. The highest BCUT2D eigenvalue weighted by molar-refractivity contribution is 6.00. The average Bonchev–Trinajstić information content (AvgIpc) is 2.91. The van der Waals surface area contributed by atoms with Crippen molar-refractivity contribution in [3.63, 3.8) is 0 Å². The minimum atomic E-state index is -0.204. The number of amides is 1. The molecule has 0 atom stereocenters. The number of aromatic nitrogens is 1. The summed E-state index contributed by atoms with van der Waals surface area (Å²) in [6.07, 6.45) is 3.52. The Morgan fingerprint density at radius 2 is 1.90 bits per heavy atom. The molecule has 1 amide bonds. The molecule has 0 saturated heterocycles. The highest BCUT2D eigenvalue weighted by Crippen LogP contribution is 2.15. The van der Waals surface area contributed by atoms with Gasteiger partial charge in [0.25, 0.3) is 5.91 Å². The molecule has 104 valence electrons. The first-order valence-corrected chi connectivity index (χ1v) is 6.71. The molecule has 3 rings (SSSR count). The van der Waals surface area contributed by atoms with Crippen LogP contribution in [0.15, 0.2) is 59.8 Å². The maximum absolute atomic E-state index is 12.0. The number of hydrazone groups is 1. The summed E-state index contributed by atoms with van der Waals surface area (Å²) >= 11 is 0. The topological polar surface area (TPSA) is 57.2 Å². The van der Waals surface area contributed by atoms with Crippen molar-refractivity contribution in [1.29, 1.82) is 0 Å². The number of carbonyl (C=O) groups is 1. The Morgan fingerprint density at radius 3 is 2.76 bits per heavy atom. The van der Waals surface area contributed by atoms with Gasteiger partial charge >= 0.3 is 0 Å². The van der Waals surface area contributed by atoms with E-state index in [0.717, 1.165) is 22.0 Å². The van der Waals surface area contributed by atoms with Crippen molar-refractivity contribution in [2.75, 3.05) is 0 Å². The summed E-state index contributed by atoms with van der Waals surface area (Å²) in [7, 11) is 0. The van der Waals surface area contributed by atoms with E-state index in [4.69, 9.17) is 0 Å². The van der Waals surface area contributed by atoms with Crippen molar-refractivity contribution in [2.45, 2.75) is 6.92 Å². The molecule has 0 aliphatic rings. The third-order valence-electron chi connectivity index (χ3n) is 3.38. The minimum absolute atomic E-state index is 0.204. The maximum Gasteiger partial charge on any atom is 0.271 e. The number of nitrogens with zero attached hydrogens (tertiary/aromatic N) is 1. The van der Waals surface area contributed by atoms with E-state index in [1.54, 1.807) is 12.3 Å². The van der Waals surface area contributed by atoms with Gasteiger partial charge in [0, 0.05) is 28.2 Å². The molecule has 0 fully saturated rings. The Labute approximate surface area is 122 Å². The highest BCUT2D eigenvalue weighted by Gasteiger charge is 2.06. The number of aromatic amines is 1. The highest BCUT2D eigenvalue weighted by atomic mass is 16.2. The molecule has 4 heteroatoms. The average molecular weight is 277 g/mol. The molecule has 21 heavy (non-hydrogen) atoms. The molecule has 0 unspecified atom stereocenters. The molecule has 1 aromatic heterocycles. The molecule has 0 radical (unpaired) electrons. The lowest BCUT2D eigenvalue weighted by Crippen LogP contribution is -2.18. The van der Waals surface area contributed by atoms with Crippen molar-refractivity contribution in [1.82, 2.24) is 10.4 Å². The van der Waals surface area contributed by atoms with E-state index < -0.39 is 0 Å². The second-order valence-corrected chi connectivity index (χ2v) is 4.80. The molecular weight excluding hydrogens is 262 g/mol. The van der Waals surface area contributed by atoms with Crippen LogP contribution in [0.5, 0.6) is 0 Å². The van der Waals surface area contributed by atoms with Crippen LogP contribution < -0.4 is 5.43 Å². The van der Waals surface area contributed by atoms with Crippen molar-refractivity contribution in [2.24, 2.45) is 5.10 Å². The number of fused-ring (bicyclic) bond motifs is 1. The molecule has 2 N–H and O–H groups in total. The van der Waals surface area contributed by atoms with E-state index in [-0.39, 0.29) is 5.91 Å². The van der Waals surface area contributed by atoms with Gasteiger partial charge in [-0.25, -0.2) is 5.43 Å². The van der Waals surface area contributed by atoms with Crippen LogP contribution in [0.1, 0.15) is 21.5 Å². The summed E-state index contributed by atoms with van der Waals surface area (Å²) in [5, 5.41) is 5.11. The van der Waals surface area contributed by atoms with Crippen LogP contribution in [0.4, 0.5) is 0 Å². The fraction of sp³-hybridized carbons (Fsp3) is 0.0588. The first kappa shape index (κ1) is 13.1. The number of para-hydroxylation sites is 1. The van der Waals surface area contributed by atoms with Crippen molar-refractivity contribution in [3.8, 4) is 0 Å². The predicted octanol–water partition coefficient (Wildman–Crippen LogP) is 3.24. The van der Waals surface area contributed by atoms with E-state index in [9.17, 15) is 4.79 Å². The summed E-state index contributed by atoms with van der Waals surface area (Å²) in [6.45, 7) is 1.90. The zero-order valence-corrected chi connectivity index (χ0v) is 11.6. The number of hydrogen-bond donors (Lipinski definition) is 2. The van der Waals surface area contributed by atoms with Gasteiger partial charge in [-0.05, 0) is 24.6 Å². The van der Waals surface area contributed by atoms with E-state index in [2.05, 4.69) is 15.5 Å². The van der Waals surface area contributed by atoms with Crippen LogP contribution in [-0.4, -0.2) is 17.1 Å². The van der Waals surface area contributed by atoms with Crippen LogP contribution in [0.3, 0.4) is 0 Å². The second-order valence-electron chi connectivity index (χ2n) is 4.80. The van der Waals surface area contributed by atoms with Gasteiger partial charge in [0.1, 0.15) is 0 Å². The molecule has 0 saturated carbocycles. The molecule has 3 aromatic rings. The molecule has 1 heterocycles. The zero-order chi connectivity index (χ0) is 14.7. The van der Waals surface area contributed by atoms with Crippen LogP contribution >= 0.6 is 0 Å². The van der Waals surface area contributed by atoms with E-state index >= 15 is 0 Å². The van der Waals surface area contributed by atoms with E-state index in [1.807, 2.05) is 55.6 Å². The summed E-state index contributed by atoms with van der Waals surface area (Å²) in [6, 6.07) is 15.4. The Bertz CT molecular complexity index is 818. The second kappa shape index (κ2) is 5.63. The number of carbonyl (C=O) groups excluding carboxylic acids is 1. The number of H-pyrrole nitrogens is 1. The number of aryl methyl sites for hydroxylation is 1. The zero-order valence-electron chi connectivity index (χ0n) is 11.6. The van der Waals surface area contributed by atoms with Gasteiger partial charge in [0.2, 0.25) is 0 Å². The molecule has 0 aliphatic heterocycles. The number of nitrogens with one attached hydrogen (secondary N) is 2. The summed E-state index contributed by atoms with van der Waals surface area (Å²) < 4.78 is 0. The molecular formula is C17H15N3O. The number of hydrogen-bond acceptors (Lipinski definition) is 2. The van der Waals surface area contributed by atoms with Crippen LogP contribution in [0.25, 0.3) is 10.9 Å². The van der Waals surface area contributed by atoms with E-state index in [1.165, 1.54) is 0 Å². The van der Waals surface area contributed by atoms with Gasteiger partial charge in [0.05, 0.1) is 6.21 Å². The van der Waals surface area contributed by atoms with Gasteiger partial charge in [-0.2, -0.15) is 5.10 Å². The normalized spacial score (nSPS) is 11.1. The van der Waals surface area contributed by atoms with Crippen molar-refractivity contribution >= 4 is 23.0 Å². The quantitative estimate of drug-likeness (QED) is 0.560. The van der Waals surface area contributed by atoms with Crippen LogP contribution in [0.2, 0.25) is 0 Å². The van der Waals surface area contributed by atoms with Gasteiger partial charge < -0.3 is 4.98 Å². The standard InChI is InChI=1S/C17H15N3O/c1-12-6-2-3-7-14(12)17(21)20-19-11-13-10-18-16-9-5-4-8-15(13)16/h2-11,18H,1H3,(H,20,21)/b19-11+. The molecule has 4 nitrogen and oxygen atoms in total. The Hall–Kier alpha value is -2.88. The third kappa shape index (κ3) is 2.69. The predicted molar refractivity (Wildman–Crippen MR) is 84.5 cm³/mol. The van der Waals surface area contributed by atoms with E-state index in [0.29, 0.717) is 5.56 Å². The maximum atomic E-state index is 12.0. The van der Waals surface area contributed by atoms with Gasteiger partial charge in [-0.3, -0.25) is 4.79 Å². The molecule has 2 aromatic carbocycles. The molecule has 0 bridgehead atoms. The van der Waals surface area contributed by atoms with Gasteiger partial charge in [-0.1, -0.05) is 36.4 Å². The number of rotatable bonds is 3. The summed E-state index contributed by atoms with van der Waals surface area (Å²) in [5.41, 5.74) is 6.11. The molecule has 0 spiro atoms. The first-order valence-electron chi connectivity index (χ1n) is 6.71. The van der Waals surface area contributed by atoms with Crippen LogP contribution in [-0.2, 0) is 0 Å². The van der Waals surface area contributed by atoms with Crippen molar-refractivity contribution in [3.05, 3.63) is 71.4 Å². The fourth-order valence-corrected chi connectivity index (χ4v) is 2.25. The Kier molecular flexibility index (Phi) is 3.51. The van der Waals surface area contributed by atoms with Crippen LogP contribution in [0, 0.1) is 6.92 Å². The first-order chi connectivity index (χ1) is 10.3.